The van der Waals surface area contributed by atoms with Gasteiger partial charge in [-0.05, 0) is 59.0 Å². The summed E-state index contributed by atoms with van der Waals surface area (Å²) in [6.45, 7) is 1.44. The monoisotopic (exact) mass is 398 g/mol. The first kappa shape index (κ1) is 19.4. The maximum Gasteiger partial charge on any atom is 0.234 e. The Morgan fingerprint density at radius 2 is 1.68 bits per heavy atom. The van der Waals surface area contributed by atoms with Crippen LogP contribution in [0.2, 0.25) is 0 Å². The molecule has 144 valence electrons. The summed E-state index contributed by atoms with van der Waals surface area (Å²) in [6.07, 6.45) is 0. The summed E-state index contributed by atoms with van der Waals surface area (Å²) in [5.74, 6) is 0.531. The number of nitrogens with one attached hydrogen (secondary N) is 2. The summed E-state index contributed by atoms with van der Waals surface area (Å²) in [4.78, 5) is 23.2. The van der Waals surface area contributed by atoms with E-state index in [1.54, 1.807) is 36.1 Å². The molecule has 2 aromatic carbocycles. The summed E-state index contributed by atoms with van der Waals surface area (Å²) < 4.78 is 6.69. The zero-order valence-electron chi connectivity index (χ0n) is 15.2. The number of hydrogen-bond donors (Lipinski definition) is 2. The van der Waals surface area contributed by atoms with E-state index in [4.69, 9.17) is 4.74 Å². The summed E-state index contributed by atoms with van der Waals surface area (Å²) in [7, 11) is 1.60. The molecule has 0 radical (unpaired) electrons. The third kappa shape index (κ3) is 5.07. The number of amides is 2. The molecule has 1 heterocycles. The lowest BCUT2D eigenvalue weighted by Crippen LogP contribution is -2.14. The maximum atomic E-state index is 12.2. The topological polar surface area (TPSA) is 111 Å². The number of thioether (sulfide) groups is 1. The summed E-state index contributed by atoms with van der Waals surface area (Å²) in [6, 6.07) is 14.1. The molecule has 0 aliphatic rings. The lowest BCUT2D eigenvalue weighted by atomic mass is 10.3. The van der Waals surface area contributed by atoms with Crippen molar-refractivity contribution < 1.29 is 14.3 Å². The Morgan fingerprint density at radius 3 is 2.29 bits per heavy atom. The van der Waals surface area contributed by atoms with Crippen molar-refractivity contribution in [3.63, 3.8) is 0 Å². The van der Waals surface area contributed by atoms with Gasteiger partial charge in [0, 0.05) is 18.3 Å². The van der Waals surface area contributed by atoms with Gasteiger partial charge in [-0.1, -0.05) is 11.8 Å². The molecule has 0 aliphatic heterocycles. The van der Waals surface area contributed by atoms with Gasteiger partial charge in [0.15, 0.2) is 0 Å². The molecule has 0 bridgehead atoms. The van der Waals surface area contributed by atoms with E-state index in [0.717, 1.165) is 11.4 Å². The number of aromatic nitrogens is 4. The van der Waals surface area contributed by atoms with Crippen LogP contribution < -0.4 is 15.4 Å². The van der Waals surface area contributed by atoms with Crippen molar-refractivity contribution in [1.82, 2.24) is 20.2 Å². The van der Waals surface area contributed by atoms with Gasteiger partial charge >= 0.3 is 0 Å². The second-order valence-corrected chi connectivity index (χ2v) is 6.61. The van der Waals surface area contributed by atoms with Gasteiger partial charge in [-0.2, -0.15) is 4.68 Å². The van der Waals surface area contributed by atoms with Crippen LogP contribution >= 0.6 is 11.8 Å². The number of hydrogen-bond acceptors (Lipinski definition) is 7. The molecule has 0 aliphatic carbocycles. The van der Waals surface area contributed by atoms with Crippen LogP contribution in [-0.2, 0) is 9.59 Å². The molecule has 2 N–H and O–H groups in total. The highest BCUT2D eigenvalue weighted by Gasteiger charge is 2.12. The third-order valence-corrected chi connectivity index (χ3v) is 4.50. The van der Waals surface area contributed by atoms with E-state index >= 15 is 0 Å². The van der Waals surface area contributed by atoms with Crippen LogP contribution in [0.4, 0.5) is 11.4 Å². The van der Waals surface area contributed by atoms with Crippen LogP contribution in [-0.4, -0.2) is 44.9 Å². The van der Waals surface area contributed by atoms with Gasteiger partial charge in [0.25, 0.3) is 0 Å². The molecule has 2 amide bonds. The first-order chi connectivity index (χ1) is 13.5. The summed E-state index contributed by atoms with van der Waals surface area (Å²) >= 11 is 1.22. The molecular weight excluding hydrogens is 380 g/mol. The van der Waals surface area contributed by atoms with E-state index in [1.165, 1.54) is 18.7 Å². The Hall–Kier alpha value is -3.40. The number of anilines is 2. The van der Waals surface area contributed by atoms with Crippen molar-refractivity contribution >= 4 is 35.0 Å². The number of methoxy groups -OCH3 is 1. The standard InChI is InChI=1S/C18H18N6O3S/c1-12(25)19-13-3-5-14(6-4-13)20-17(26)11-28-18-21-22-23-24(18)15-7-9-16(27-2)10-8-15/h3-10H,11H2,1-2H3,(H,19,25)(H,20,26). The van der Waals surface area contributed by atoms with Crippen LogP contribution in [0.1, 0.15) is 6.92 Å². The third-order valence-electron chi connectivity index (χ3n) is 3.58. The number of benzene rings is 2. The predicted molar refractivity (Wildman–Crippen MR) is 106 cm³/mol. The molecule has 0 saturated heterocycles. The zero-order valence-corrected chi connectivity index (χ0v) is 16.1. The maximum absolute atomic E-state index is 12.2. The predicted octanol–water partition coefficient (Wildman–Crippen LogP) is 2.36. The number of carbonyl (C=O) groups excluding carboxylic acids is 2. The molecule has 10 heteroatoms. The van der Waals surface area contributed by atoms with Crippen LogP contribution in [0, 0.1) is 0 Å². The van der Waals surface area contributed by atoms with E-state index < -0.39 is 0 Å². The van der Waals surface area contributed by atoms with Gasteiger partial charge in [0.1, 0.15) is 5.75 Å². The Bertz CT molecular complexity index is 956. The lowest BCUT2D eigenvalue weighted by Gasteiger charge is -2.07. The molecule has 3 aromatic rings. The molecule has 28 heavy (non-hydrogen) atoms. The van der Waals surface area contributed by atoms with Crippen molar-refractivity contribution in [2.75, 3.05) is 23.5 Å². The van der Waals surface area contributed by atoms with Crippen LogP contribution in [0.3, 0.4) is 0 Å². The van der Waals surface area contributed by atoms with E-state index in [-0.39, 0.29) is 17.6 Å². The van der Waals surface area contributed by atoms with Crippen LogP contribution in [0.15, 0.2) is 53.7 Å². The molecule has 0 atom stereocenters. The van der Waals surface area contributed by atoms with Crippen molar-refractivity contribution in [3.05, 3.63) is 48.5 Å². The lowest BCUT2D eigenvalue weighted by molar-refractivity contribution is -0.114. The van der Waals surface area contributed by atoms with Gasteiger partial charge < -0.3 is 15.4 Å². The van der Waals surface area contributed by atoms with Gasteiger partial charge in [0.05, 0.1) is 18.6 Å². The normalized spacial score (nSPS) is 10.4. The number of ether oxygens (including phenoxy) is 1. The van der Waals surface area contributed by atoms with Gasteiger partial charge in [-0.3, -0.25) is 9.59 Å². The molecular formula is C18H18N6O3S. The molecule has 0 saturated carbocycles. The average molecular weight is 398 g/mol. The minimum absolute atomic E-state index is 0.143. The van der Waals surface area contributed by atoms with Crippen LogP contribution in [0.5, 0.6) is 5.75 Å². The molecule has 3 rings (SSSR count). The second-order valence-electron chi connectivity index (χ2n) is 5.67. The molecule has 0 spiro atoms. The fourth-order valence-corrected chi connectivity index (χ4v) is 3.01. The molecule has 0 unspecified atom stereocenters. The highest BCUT2D eigenvalue weighted by molar-refractivity contribution is 7.99. The largest absolute Gasteiger partial charge is 0.497 e. The Morgan fingerprint density at radius 1 is 1.04 bits per heavy atom. The number of carbonyl (C=O) groups is 2. The molecule has 9 nitrogen and oxygen atoms in total. The highest BCUT2D eigenvalue weighted by atomic mass is 32.2. The molecule has 0 fully saturated rings. The van der Waals surface area contributed by atoms with Crippen molar-refractivity contribution in [1.29, 1.82) is 0 Å². The van der Waals surface area contributed by atoms with Crippen molar-refractivity contribution in [3.8, 4) is 11.4 Å². The Labute approximate surface area is 165 Å². The fourth-order valence-electron chi connectivity index (χ4n) is 2.32. The van der Waals surface area contributed by atoms with Crippen molar-refractivity contribution in [2.24, 2.45) is 0 Å². The first-order valence-corrected chi connectivity index (χ1v) is 9.27. The Kier molecular flexibility index (Phi) is 6.22. The van der Waals surface area contributed by atoms with Gasteiger partial charge in [0.2, 0.25) is 17.0 Å². The van der Waals surface area contributed by atoms with E-state index in [1.807, 2.05) is 24.3 Å². The SMILES string of the molecule is COc1ccc(-n2nnnc2SCC(=O)Nc2ccc(NC(C)=O)cc2)cc1. The van der Waals surface area contributed by atoms with Gasteiger partial charge in [-0.25, -0.2) is 0 Å². The van der Waals surface area contributed by atoms with Crippen molar-refractivity contribution in [2.45, 2.75) is 12.1 Å². The van der Waals surface area contributed by atoms with Gasteiger partial charge in [-0.15, -0.1) is 5.10 Å². The zero-order chi connectivity index (χ0) is 19.9. The minimum Gasteiger partial charge on any atom is -0.497 e. The Balaban J connectivity index is 1.58. The summed E-state index contributed by atoms with van der Waals surface area (Å²) in [5.41, 5.74) is 2.07. The first-order valence-electron chi connectivity index (χ1n) is 8.28. The minimum atomic E-state index is -0.193. The number of rotatable bonds is 7. The number of tetrazole rings is 1. The van der Waals surface area contributed by atoms with E-state index in [9.17, 15) is 9.59 Å². The van der Waals surface area contributed by atoms with E-state index in [2.05, 4.69) is 26.2 Å². The number of nitrogens with zero attached hydrogens (tertiary/aromatic N) is 4. The quantitative estimate of drug-likeness (QED) is 0.588. The highest BCUT2D eigenvalue weighted by Crippen LogP contribution is 2.21. The second kappa shape index (κ2) is 9.00. The fraction of sp³-hybridized carbons (Fsp3) is 0.167. The average Bonchev–Trinajstić information content (AvgIpc) is 3.16. The van der Waals surface area contributed by atoms with E-state index in [0.29, 0.717) is 16.5 Å². The summed E-state index contributed by atoms with van der Waals surface area (Å²) in [5, 5.41) is 17.6. The van der Waals surface area contributed by atoms with Crippen LogP contribution in [0.25, 0.3) is 5.69 Å². The smallest absolute Gasteiger partial charge is 0.234 e. The molecule has 1 aromatic heterocycles.